The molecule has 1 aliphatic heterocycles. The molecule has 0 N–H and O–H groups in total. The summed E-state index contributed by atoms with van der Waals surface area (Å²) in [4.78, 5) is 6.55. The fourth-order valence-corrected chi connectivity index (χ4v) is 2.62. The predicted molar refractivity (Wildman–Crippen MR) is 89.8 cm³/mol. The summed E-state index contributed by atoms with van der Waals surface area (Å²) in [5, 5.41) is 0. The van der Waals surface area contributed by atoms with E-state index in [0.717, 1.165) is 19.6 Å². The number of likely N-dealkylation sites (tertiary alicyclic amines) is 1. The highest BCUT2D eigenvalue weighted by Gasteiger charge is 2.28. The van der Waals surface area contributed by atoms with Gasteiger partial charge >= 0.3 is 0 Å². The summed E-state index contributed by atoms with van der Waals surface area (Å²) in [6.45, 7) is 7.30. The third-order valence-electron chi connectivity index (χ3n) is 4.02. The molecule has 3 nitrogen and oxygen atoms in total. The first-order valence-electron chi connectivity index (χ1n) is 7.79. The third-order valence-corrected chi connectivity index (χ3v) is 4.02. The number of benzene rings is 1. The van der Waals surface area contributed by atoms with Crippen LogP contribution in [-0.2, 0) is 6.54 Å². The van der Waals surface area contributed by atoms with Crippen LogP contribution >= 0.6 is 0 Å². The molecule has 0 amide bonds. The van der Waals surface area contributed by atoms with Crippen molar-refractivity contribution in [2.45, 2.75) is 32.4 Å². The summed E-state index contributed by atoms with van der Waals surface area (Å²) in [5.41, 5.74) is 3.41. The zero-order chi connectivity index (χ0) is 15.5. The lowest BCUT2D eigenvalue weighted by Gasteiger charge is -2.38. The Labute approximate surface area is 133 Å². The minimum absolute atomic E-state index is 0.228. The van der Waals surface area contributed by atoms with Gasteiger partial charge in [-0.1, -0.05) is 49.6 Å². The van der Waals surface area contributed by atoms with Crippen LogP contribution in [0.25, 0.3) is 0 Å². The van der Waals surface area contributed by atoms with Gasteiger partial charge in [0.1, 0.15) is 14.0 Å². The Morgan fingerprint density at radius 2 is 1.91 bits per heavy atom. The van der Waals surface area contributed by atoms with Crippen molar-refractivity contribution in [2.24, 2.45) is 0 Å². The van der Waals surface area contributed by atoms with Crippen molar-refractivity contribution in [1.29, 1.82) is 0 Å². The molecule has 0 aliphatic carbocycles. The molecule has 0 spiro atoms. The first-order valence-corrected chi connectivity index (χ1v) is 7.79. The van der Waals surface area contributed by atoms with Crippen LogP contribution < -0.4 is 10.2 Å². The van der Waals surface area contributed by atoms with E-state index in [0.29, 0.717) is 17.3 Å². The minimum atomic E-state index is 0.228. The minimum Gasteiger partial charge on any atom is -0.472 e. The highest BCUT2D eigenvalue weighted by atomic mass is 16.5. The van der Waals surface area contributed by atoms with Crippen molar-refractivity contribution in [3.63, 3.8) is 0 Å². The maximum absolute atomic E-state index is 5.82. The second kappa shape index (κ2) is 6.53. The molecule has 22 heavy (non-hydrogen) atoms. The van der Waals surface area contributed by atoms with E-state index in [4.69, 9.17) is 12.6 Å². The van der Waals surface area contributed by atoms with Crippen LogP contribution in [0.4, 0.5) is 0 Å². The van der Waals surface area contributed by atoms with Crippen LogP contribution in [-0.4, -0.2) is 36.9 Å². The average molecular weight is 292 g/mol. The Morgan fingerprint density at radius 3 is 2.50 bits per heavy atom. The number of nitrogens with zero attached hydrogens (tertiary/aromatic N) is 2. The van der Waals surface area contributed by atoms with Crippen LogP contribution in [0, 0.1) is 0 Å². The van der Waals surface area contributed by atoms with E-state index in [1.807, 2.05) is 12.1 Å². The van der Waals surface area contributed by atoms with Crippen LogP contribution in [0.3, 0.4) is 0 Å². The normalized spacial score (nSPS) is 15.8. The lowest BCUT2D eigenvalue weighted by molar-refractivity contribution is 0.0119. The first-order chi connectivity index (χ1) is 10.6. The smallest absolute Gasteiger partial charge is 0.213 e. The lowest BCUT2D eigenvalue weighted by atomic mass is 9.99. The van der Waals surface area contributed by atoms with Gasteiger partial charge in [-0.25, -0.2) is 4.98 Å². The maximum atomic E-state index is 5.82. The Hall–Kier alpha value is -1.81. The highest BCUT2D eigenvalue weighted by molar-refractivity contribution is 6.32. The molecule has 1 aromatic heterocycles. The Morgan fingerprint density at radius 1 is 1.18 bits per heavy atom. The van der Waals surface area contributed by atoms with Crippen molar-refractivity contribution < 1.29 is 4.74 Å². The second-order valence-electron chi connectivity index (χ2n) is 6.26. The van der Waals surface area contributed by atoms with E-state index in [2.05, 4.69) is 48.0 Å². The fourth-order valence-electron chi connectivity index (χ4n) is 2.62. The average Bonchev–Trinajstić information content (AvgIpc) is 2.47. The Kier molecular flexibility index (Phi) is 4.48. The van der Waals surface area contributed by atoms with Crippen LogP contribution in [0.15, 0.2) is 42.6 Å². The quantitative estimate of drug-likeness (QED) is 0.790. The van der Waals surface area contributed by atoms with Crippen LogP contribution in [0.5, 0.6) is 5.88 Å². The van der Waals surface area contributed by atoms with Crippen molar-refractivity contribution in [3.8, 4) is 5.88 Å². The molecule has 2 aromatic rings. The third kappa shape index (κ3) is 3.69. The van der Waals surface area contributed by atoms with Crippen molar-refractivity contribution in [3.05, 3.63) is 53.7 Å². The molecule has 0 unspecified atom stereocenters. The van der Waals surface area contributed by atoms with Gasteiger partial charge in [0, 0.05) is 25.8 Å². The molecule has 0 atom stereocenters. The Balaban J connectivity index is 1.46. The molecule has 112 valence electrons. The molecule has 0 bridgehead atoms. The summed E-state index contributed by atoms with van der Waals surface area (Å²) >= 11 is 0. The second-order valence-corrected chi connectivity index (χ2v) is 6.26. The van der Waals surface area contributed by atoms with Gasteiger partial charge in [0.2, 0.25) is 5.88 Å². The zero-order valence-electron chi connectivity index (χ0n) is 13.2. The number of rotatable bonds is 5. The molecule has 3 rings (SSSR count). The molecule has 1 saturated heterocycles. The van der Waals surface area contributed by atoms with Gasteiger partial charge in [0.05, 0.1) is 0 Å². The van der Waals surface area contributed by atoms with E-state index < -0.39 is 0 Å². The number of hydrogen-bond acceptors (Lipinski definition) is 3. The largest absolute Gasteiger partial charge is 0.472 e. The van der Waals surface area contributed by atoms with Gasteiger partial charge < -0.3 is 4.74 Å². The van der Waals surface area contributed by atoms with Gasteiger partial charge in [-0.2, -0.15) is 0 Å². The maximum Gasteiger partial charge on any atom is 0.213 e. The summed E-state index contributed by atoms with van der Waals surface area (Å²) in [7, 11) is 5.61. The van der Waals surface area contributed by atoms with E-state index in [1.54, 1.807) is 6.20 Å². The van der Waals surface area contributed by atoms with Crippen LogP contribution in [0.1, 0.15) is 30.9 Å². The van der Waals surface area contributed by atoms with E-state index in [1.165, 1.54) is 11.1 Å². The summed E-state index contributed by atoms with van der Waals surface area (Å²) in [6, 6.07) is 12.5. The standard InChI is InChI=1S/C18H21BN2O/c1-13(2)15-5-3-14(4-6-15)10-21-11-17(12-21)22-18-8-7-16(19)9-20-18/h3-9,13,17H,10-12H2,1-2H3. The van der Waals surface area contributed by atoms with E-state index >= 15 is 0 Å². The molecule has 1 fully saturated rings. The van der Waals surface area contributed by atoms with Gasteiger partial charge in [-0.05, 0) is 23.1 Å². The van der Waals surface area contributed by atoms with E-state index in [9.17, 15) is 0 Å². The first kappa shape index (κ1) is 15.1. The molecule has 2 heterocycles. The summed E-state index contributed by atoms with van der Waals surface area (Å²) in [6.07, 6.45) is 1.85. The van der Waals surface area contributed by atoms with Crippen molar-refractivity contribution >= 4 is 13.3 Å². The zero-order valence-corrected chi connectivity index (χ0v) is 13.2. The number of aromatic nitrogens is 1. The molecular weight excluding hydrogens is 271 g/mol. The SMILES string of the molecule is [B]c1ccc(OC2CN(Cc3ccc(C(C)C)cc3)C2)nc1. The molecule has 2 radical (unpaired) electrons. The molecule has 1 aliphatic rings. The summed E-state index contributed by atoms with van der Waals surface area (Å²) < 4.78 is 5.82. The number of pyridine rings is 1. The fraction of sp³-hybridized carbons (Fsp3) is 0.389. The van der Waals surface area contributed by atoms with Crippen molar-refractivity contribution in [1.82, 2.24) is 9.88 Å². The van der Waals surface area contributed by atoms with Gasteiger partial charge in [-0.15, -0.1) is 0 Å². The van der Waals surface area contributed by atoms with Gasteiger partial charge in [0.15, 0.2) is 0 Å². The van der Waals surface area contributed by atoms with E-state index in [-0.39, 0.29) is 6.10 Å². The molecule has 0 saturated carbocycles. The number of ether oxygens (including phenoxy) is 1. The van der Waals surface area contributed by atoms with Crippen molar-refractivity contribution in [2.75, 3.05) is 13.1 Å². The topological polar surface area (TPSA) is 25.4 Å². The number of hydrogen-bond donors (Lipinski definition) is 0. The Bertz CT molecular complexity index is 604. The summed E-state index contributed by atoms with van der Waals surface area (Å²) in [5.74, 6) is 1.24. The lowest BCUT2D eigenvalue weighted by Crippen LogP contribution is -2.53. The van der Waals surface area contributed by atoms with Crippen LogP contribution in [0.2, 0.25) is 0 Å². The predicted octanol–water partition coefficient (Wildman–Crippen LogP) is 2.26. The molecular formula is C18H21BN2O. The molecule has 1 aromatic carbocycles. The monoisotopic (exact) mass is 292 g/mol. The van der Waals surface area contributed by atoms with Gasteiger partial charge in [-0.3, -0.25) is 4.90 Å². The van der Waals surface area contributed by atoms with Gasteiger partial charge in [0.25, 0.3) is 0 Å². The highest BCUT2D eigenvalue weighted by Crippen LogP contribution is 2.20. The molecule has 4 heteroatoms.